The molecule has 132 valence electrons. The number of nitrogens with two attached hydrogens (primary N) is 1. The number of oxazole rings is 1. The minimum absolute atomic E-state index is 0.391. The highest BCUT2D eigenvalue weighted by Gasteiger charge is 2.12. The van der Waals surface area contributed by atoms with Gasteiger partial charge in [0.15, 0.2) is 5.76 Å². The summed E-state index contributed by atoms with van der Waals surface area (Å²) in [7, 11) is 0. The number of aromatic nitrogens is 1. The number of hydroxylamine groups is 2. The minimum Gasteiger partial charge on any atom is -0.436 e. The van der Waals surface area contributed by atoms with Crippen LogP contribution in [0.25, 0.3) is 17.0 Å². The van der Waals surface area contributed by atoms with Gasteiger partial charge in [0.25, 0.3) is 0 Å². The van der Waals surface area contributed by atoms with E-state index in [0.29, 0.717) is 16.5 Å². The Bertz CT molecular complexity index is 931. The van der Waals surface area contributed by atoms with Crippen molar-refractivity contribution in [3.8, 4) is 23.3 Å². The molecule has 3 N–H and O–H groups in total. The van der Waals surface area contributed by atoms with Crippen LogP contribution in [0.2, 0.25) is 0 Å². The average molecular weight is 349 g/mol. The number of rotatable bonds is 3. The van der Waals surface area contributed by atoms with Gasteiger partial charge in [0.1, 0.15) is 6.04 Å². The second-order valence-corrected chi connectivity index (χ2v) is 5.88. The summed E-state index contributed by atoms with van der Waals surface area (Å²) in [6, 6.07) is 5.74. The Morgan fingerprint density at radius 1 is 1.42 bits per heavy atom. The molecule has 6 heteroatoms. The fourth-order valence-corrected chi connectivity index (χ4v) is 2.51. The van der Waals surface area contributed by atoms with Gasteiger partial charge in [-0.3, -0.25) is 5.21 Å². The molecule has 0 saturated carbocycles. The summed E-state index contributed by atoms with van der Waals surface area (Å²) in [4.78, 5) is 15.3. The highest BCUT2D eigenvalue weighted by molar-refractivity contribution is 5.72. The molecular weight excluding hydrogens is 330 g/mol. The number of urea groups is 1. The molecule has 0 saturated heterocycles. The Balaban J connectivity index is 1.80. The normalized spacial score (nSPS) is 14.2. The molecule has 1 aromatic heterocycles. The summed E-state index contributed by atoms with van der Waals surface area (Å²) in [6.07, 6.45) is 10.0. The second-order valence-electron chi connectivity index (χ2n) is 5.88. The maximum Gasteiger partial charge on any atom is 0.339 e. The smallest absolute Gasteiger partial charge is 0.339 e. The van der Waals surface area contributed by atoms with Gasteiger partial charge >= 0.3 is 6.03 Å². The van der Waals surface area contributed by atoms with E-state index in [0.717, 1.165) is 29.7 Å². The maximum absolute atomic E-state index is 10.9. The number of amides is 2. The first kappa shape index (κ1) is 17.5. The van der Waals surface area contributed by atoms with Crippen LogP contribution in [0, 0.1) is 11.8 Å². The predicted molar refractivity (Wildman–Crippen MR) is 97.8 cm³/mol. The third-order valence-electron chi connectivity index (χ3n) is 3.91. The van der Waals surface area contributed by atoms with E-state index >= 15 is 0 Å². The Morgan fingerprint density at radius 3 is 3.00 bits per heavy atom. The van der Waals surface area contributed by atoms with Gasteiger partial charge < -0.3 is 10.2 Å². The quantitative estimate of drug-likeness (QED) is 0.503. The largest absolute Gasteiger partial charge is 0.436 e. The molecule has 1 aliphatic rings. The summed E-state index contributed by atoms with van der Waals surface area (Å²) in [6.45, 7) is 1.58. The molecule has 0 aliphatic heterocycles. The zero-order valence-electron chi connectivity index (χ0n) is 14.3. The third-order valence-corrected chi connectivity index (χ3v) is 3.91. The zero-order valence-corrected chi connectivity index (χ0v) is 14.3. The zero-order chi connectivity index (χ0) is 18.5. The number of carbonyl (C=O) groups excluding carboxylic acids is 1. The molecule has 0 fully saturated rings. The van der Waals surface area contributed by atoms with Crippen LogP contribution in [-0.2, 0) is 0 Å². The van der Waals surface area contributed by atoms with Crippen LogP contribution in [0.3, 0.4) is 0 Å². The SMILES string of the molecule is CC(C#Cc1cccc(-c2ncc(C3=CCCC=C3)o2)c1)N(O)C(N)=O. The molecule has 2 aromatic rings. The van der Waals surface area contributed by atoms with Gasteiger partial charge in [-0.25, -0.2) is 9.78 Å². The fourth-order valence-electron chi connectivity index (χ4n) is 2.51. The van der Waals surface area contributed by atoms with Gasteiger partial charge in [-0.2, -0.15) is 5.06 Å². The third kappa shape index (κ3) is 4.02. The van der Waals surface area contributed by atoms with Crippen LogP contribution in [0.1, 0.15) is 31.1 Å². The first-order chi connectivity index (χ1) is 12.5. The molecule has 1 aliphatic carbocycles. The number of hydrogen-bond acceptors (Lipinski definition) is 4. The number of carbonyl (C=O) groups is 1. The average Bonchev–Trinajstić information content (AvgIpc) is 3.16. The van der Waals surface area contributed by atoms with Crippen molar-refractivity contribution >= 4 is 11.6 Å². The van der Waals surface area contributed by atoms with E-state index in [1.165, 1.54) is 0 Å². The lowest BCUT2D eigenvalue weighted by Crippen LogP contribution is -2.38. The first-order valence-corrected chi connectivity index (χ1v) is 8.27. The molecule has 2 amide bonds. The first-order valence-electron chi connectivity index (χ1n) is 8.27. The highest BCUT2D eigenvalue weighted by atomic mass is 16.5. The topological polar surface area (TPSA) is 92.6 Å². The molecule has 6 nitrogen and oxygen atoms in total. The van der Waals surface area contributed by atoms with Crippen molar-refractivity contribution in [3.63, 3.8) is 0 Å². The monoisotopic (exact) mass is 349 g/mol. The van der Waals surface area contributed by atoms with Crippen LogP contribution in [0.4, 0.5) is 4.79 Å². The summed E-state index contributed by atoms with van der Waals surface area (Å²) in [5.74, 6) is 6.93. The highest BCUT2D eigenvalue weighted by Crippen LogP contribution is 2.26. The number of hydrogen-bond donors (Lipinski definition) is 2. The molecule has 1 atom stereocenters. The van der Waals surface area contributed by atoms with Gasteiger partial charge in [-0.05, 0) is 38.0 Å². The van der Waals surface area contributed by atoms with Crippen LogP contribution in [-0.4, -0.2) is 27.3 Å². The van der Waals surface area contributed by atoms with Crippen molar-refractivity contribution in [2.75, 3.05) is 0 Å². The molecule has 1 aromatic carbocycles. The molecule has 1 unspecified atom stereocenters. The van der Waals surface area contributed by atoms with E-state index in [4.69, 9.17) is 10.2 Å². The number of allylic oxidation sites excluding steroid dienone is 4. The second kappa shape index (κ2) is 7.72. The molecular formula is C20H19N3O3. The lowest BCUT2D eigenvalue weighted by Gasteiger charge is -2.14. The molecule has 0 spiro atoms. The lowest BCUT2D eigenvalue weighted by atomic mass is 10.1. The molecule has 3 rings (SSSR count). The Labute approximate surface area is 151 Å². The van der Waals surface area contributed by atoms with Gasteiger partial charge in [0, 0.05) is 16.7 Å². The van der Waals surface area contributed by atoms with Crippen LogP contribution in [0.5, 0.6) is 0 Å². The fraction of sp³-hybridized carbons (Fsp3) is 0.200. The van der Waals surface area contributed by atoms with Crippen molar-refractivity contribution in [1.29, 1.82) is 0 Å². The van der Waals surface area contributed by atoms with E-state index in [1.54, 1.807) is 13.1 Å². The van der Waals surface area contributed by atoms with Gasteiger partial charge in [0.2, 0.25) is 5.89 Å². The Morgan fingerprint density at radius 2 is 2.27 bits per heavy atom. The van der Waals surface area contributed by atoms with Gasteiger partial charge in [0.05, 0.1) is 6.20 Å². The minimum atomic E-state index is -0.945. The number of nitrogens with zero attached hydrogens (tertiary/aromatic N) is 2. The van der Waals surface area contributed by atoms with Crippen LogP contribution < -0.4 is 5.73 Å². The summed E-state index contributed by atoms with van der Waals surface area (Å²) in [5.41, 5.74) is 7.56. The van der Waals surface area contributed by atoms with Gasteiger partial charge in [-0.1, -0.05) is 36.1 Å². The van der Waals surface area contributed by atoms with E-state index in [2.05, 4.69) is 29.0 Å². The molecule has 0 bridgehead atoms. The number of benzene rings is 1. The van der Waals surface area contributed by atoms with Crippen molar-refractivity contribution in [2.24, 2.45) is 5.73 Å². The molecule has 0 radical (unpaired) electrons. The van der Waals surface area contributed by atoms with Crippen LogP contribution >= 0.6 is 0 Å². The standard InChI is InChI=1S/C20H19N3O3/c1-14(23(25)20(21)24)10-11-15-6-5-9-17(12-15)19-22-13-18(26-19)16-7-3-2-4-8-16/h3,5-9,12-14,25H,2,4H2,1H3,(H2,21,24). The van der Waals surface area contributed by atoms with Crippen molar-refractivity contribution in [2.45, 2.75) is 25.8 Å². The van der Waals surface area contributed by atoms with E-state index < -0.39 is 12.1 Å². The lowest BCUT2D eigenvalue weighted by molar-refractivity contribution is -0.0536. The summed E-state index contributed by atoms with van der Waals surface area (Å²) < 4.78 is 5.87. The molecule has 1 heterocycles. The maximum atomic E-state index is 10.9. The van der Waals surface area contributed by atoms with Crippen molar-refractivity contribution < 1.29 is 14.4 Å². The Hall–Kier alpha value is -3.30. The van der Waals surface area contributed by atoms with Crippen molar-refractivity contribution in [1.82, 2.24) is 10.0 Å². The van der Waals surface area contributed by atoms with Crippen molar-refractivity contribution in [3.05, 3.63) is 60.0 Å². The Kier molecular flexibility index (Phi) is 5.20. The number of primary amides is 1. The van der Waals surface area contributed by atoms with E-state index in [1.807, 2.05) is 30.3 Å². The summed E-state index contributed by atoms with van der Waals surface area (Å²) in [5, 5.41) is 9.84. The molecule has 26 heavy (non-hydrogen) atoms. The summed E-state index contributed by atoms with van der Waals surface area (Å²) >= 11 is 0. The van der Waals surface area contributed by atoms with E-state index in [-0.39, 0.29) is 0 Å². The predicted octanol–water partition coefficient (Wildman–Crippen LogP) is 3.58. The van der Waals surface area contributed by atoms with Crippen LogP contribution in [0.15, 0.2) is 53.1 Å². The van der Waals surface area contributed by atoms with E-state index in [9.17, 15) is 10.0 Å². The van der Waals surface area contributed by atoms with Gasteiger partial charge in [-0.15, -0.1) is 0 Å².